The number of rotatable bonds is 5. The summed E-state index contributed by atoms with van der Waals surface area (Å²) in [4.78, 5) is 0.142. The Hall–Kier alpha value is -0.630. The summed E-state index contributed by atoms with van der Waals surface area (Å²) in [7, 11) is -3.57. The molecule has 1 rings (SSSR count). The molecule has 0 aliphatic rings. The minimum Gasteiger partial charge on any atom is -0.398 e. The summed E-state index contributed by atoms with van der Waals surface area (Å²) < 4.78 is 26.9. The van der Waals surface area contributed by atoms with Crippen LogP contribution in [0.15, 0.2) is 27.6 Å². The van der Waals surface area contributed by atoms with Crippen LogP contribution in [0.5, 0.6) is 0 Å². The van der Waals surface area contributed by atoms with Crippen LogP contribution in [0.2, 0.25) is 0 Å². The van der Waals surface area contributed by atoms with Gasteiger partial charge in [0.2, 0.25) is 10.0 Å². The van der Waals surface area contributed by atoms with E-state index < -0.39 is 10.0 Å². The summed E-state index contributed by atoms with van der Waals surface area (Å²) >= 11 is 3.18. The summed E-state index contributed by atoms with van der Waals surface area (Å²) in [5, 5.41) is 8.73. The Balaban J connectivity index is 2.93. The van der Waals surface area contributed by atoms with Crippen LogP contribution in [0.1, 0.15) is 13.3 Å². The van der Waals surface area contributed by atoms with Crippen LogP contribution >= 0.6 is 15.9 Å². The lowest BCUT2D eigenvalue weighted by Gasteiger charge is -2.13. The van der Waals surface area contributed by atoms with E-state index in [0.29, 0.717) is 16.6 Å². The second-order valence-corrected chi connectivity index (χ2v) is 6.29. The average molecular weight is 323 g/mol. The zero-order valence-corrected chi connectivity index (χ0v) is 11.8. The van der Waals surface area contributed by atoms with Crippen LogP contribution in [-0.4, -0.2) is 26.2 Å². The molecule has 0 saturated carbocycles. The molecule has 4 N–H and O–H groups in total. The molecule has 0 aliphatic heterocycles. The van der Waals surface area contributed by atoms with Gasteiger partial charge in [0.15, 0.2) is 0 Å². The number of anilines is 1. The highest BCUT2D eigenvalue weighted by molar-refractivity contribution is 9.10. The van der Waals surface area contributed by atoms with Gasteiger partial charge in [-0.1, -0.05) is 0 Å². The van der Waals surface area contributed by atoms with Gasteiger partial charge in [-0.25, -0.2) is 13.1 Å². The first-order chi connectivity index (χ1) is 7.86. The molecule has 0 aliphatic carbocycles. The topological polar surface area (TPSA) is 92.4 Å². The minimum absolute atomic E-state index is 0.0604. The third-order valence-corrected chi connectivity index (χ3v) is 4.47. The predicted molar refractivity (Wildman–Crippen MR) is 70.0 cm³/mol. The molecule has 0 radical (unpaired) electrons. The van der Waals surface area contributed by atoms with Crippen molar-refractivity contribution >= 4 is 31.6 Å². The highest BCUT2D eigenvalue weighted by Gasteiger charge is 2.17. The van der Waals surface area contributed by atoms with Gasteiger partial charge in [-0.2, -0.15) is 0 Å². The van der Waals surface area contributed by atoms with Gasteiger partial charge in [0.25, 0.3) is 0 Å². The molecule has 7 heteroatoms. The molecule has 0 amide bonds. The lowest BCUT2D eigenvalue weighted by atomic mass is 10.3. The Bertz CT molecular complexity index is 490. The number of sulfonamides is 1. The summed E-state index contributed by atoms with van der Waals surface area (Å²) in [6.45, 7) is 1.63. The van der Waals surface area contributed by atoms with Crippen molar-refractivity contribution in [3.63, 3.8) is 0 Å². The molecule has 0 heterocycles. The number of nitrogens with two attached hydrogens (primary N) is 1. The molecular weight excluding hydrogens is 308 g/mol. The van der Waals surface area contributed by atoms with Crippen LogP contribution in [0, 0.1) is 0 Å². The Morgan fingerprint density at radius 3 is 2.71 bits per heavy atom. The van der Waals surface area contributed by atoms with Crippen LogP contribution in [0.25, 0.3) is 0 Å². The van der Waals surface area contributed by atoms with Gasteiger partial charge in [0.05, 0.1) is 4.90 Å². The maximum absolute atomic E-state index is 11.9. The van der Waals surface area contributed by atoms with Gasteiger partial charge in [0, 0.05) is 22.8 Å². The number of nitrogens with one attached hydrogen (secondary N) is 1. The standard InChI is InChI=1S/C10H15BrN2O3S/c1-7(4-5-14)13-17(15,16)8-2-3-10(12)9(11)6-8/h2-3,6-7,13-14H,4-5,12H2,1H3. The van der Waals surface area contributed by atoms with Crippen molar-refractivity contribution in [2.24, 2.45) is 0 Å². The Morgan fingerprint density at radius 2 is 2.18 bits per heavy atom. The van der Waals surface area contributed by atoms with Crippen LogP contribution in [0.3, 0.4) is 0 Å². The number of halogens is 1. The average Bonchev–Trinajstić information content (AvgIpc) is 2.21. The van der Waals surface area contributed by atoms with Gasteiger partial charge in [-0.15, -0.1) is 0 Å². The molecule has 1 atom stereocenters. The SMILES string of the molecule is CC(CCO)NS(=O)(=O)c1ccc(N)c(Br)c1. The molecular formula is C10H15BrN2O3S. The molecule has 0 fully saturated rings. The quantitative estimate of drug-likeness (QED) is 0.707. The molecule has 17 heavy (non-hydrogen) atoms. The Labute approximate surface area is 109 Å². The molecule has 1 aromatic carbocycles. The van der Waals surface area contributed by atoms with E-state index in [0.717, 1.165) is 0 Å². The molecule has 0 bridgehead atoms. The van der Waals surface area contributed by atoms with E-state index in [2.05, 4.69) is 20.7 Å². The minimum atomic E-state index is -3.57. The highest BCUT2D eigenvalue weighted by Crippen LogP contribution is 2.23. The van der Waals surface area contributed by atoms with E-state index in [1.54, 1.807) is 6.92 Å². The number of nitrogen functional groups attached to an aromatic ring is 1. The fourth-order valence-electron chi connectivity index (χ4n) is 1.26. The first kappa shape index (κ1) is 14.4. The van der Waals surface area contributed by atoms with Gasteiger partial charge in [-0.05, 0) is 47.5 Å². The smallest absolute Gasteiger partial charge is 0.240 e. The predicted octanol–water partition coefficient (Wildman–Crippen LogP) is 1.08. The Kier molecular flexibility index (Phi) is 4.93. The molecule has 1 aromatic rings. The van der Waals surface area contributed by atoms with E-state index in [1.165, 1.54) is 18.2 Å². The molecule has 0 aromatic heterocycles. The van der Waals surface area contributed by atoms with Gasteiger partial charge < -0.3 is 10.8 Å². The summed E-state index contributed by atoms with van der Waals surface area (Å²) in [6, 6.07) is 4.09. The second-order valence-electron chi connectivity index (χ2n) is 3.72. The van der Waals surface area contributed by atoms with E-state index in [9.17, 15) is 8.42 Å². The number of aliphatic hydroxyl groups is 1. The summed E-state index contributed by atoms with van der Waals surface area (Å²) in [5.41, 5.74) is 6.06. The first-order valence-electron chi connectivity index (χ1n) is 5.05. The van der Waals surface area contributed by atoms with E-state index in [1.807, 2.05) is 0 Å². The largest absolute Gasteiger partial charge is 0.398 e. The fourth-order valence-corrected chi connectivity index (χ4v) is 3.09. The second kappa shape index (κ2) is 5.81. The molecule has 5 nitrogen and oxygen atoms in total. The monoisotopic (exact) mass is 322 g/mol. The van der Waals surface area contributed by atoms with Gasteiger partial charge >= 0.3 is 0 Å². The number of hydrogen-bond donors (Lipinski definition) is 3. The van der Waals surface area contributed by atoms with Crippen LogP contribution < -0.4 is 10.5 Å². The molecule has 96 valence electrons. The molecule has 0 saturated heterocycles. The van der Waals surface area contributed by atoms with Crippen molar-refractivity contribution in [2.75, 3.05) is 12.3 Å². The zero-order chi connectivity index (χ0) is 13.1. The van der Waals surface area contributed by atoms with Crippen molar-refractivity contribution in [1.82, 2.24) is 4.72 Å². The first-order valence-corrected chi connectivity index (χ1v) is 7.32. The zero-order valence-electron chi connectivity index (χ0n) is 9.35. The van der Waals surface area contributed by atoms with Crippen molar-refractivity contribution in [1.29, 1.82) is 0 Å². The van der Waals surface area contributed by atoms with Crippen LogP contribution in [-0.2, 0) is 10.0 Å². The molecule has 0 spiro atoms. The third kappa shape index (κ3) is 3.95. The van der Waals surface area contributed by atoms with E-state index in [-0.39, 0.29) is 17.5 Å². The van der Waals surface area contributed by atoms with Crippen molar-refractivity contribution in [2.45, 2.75) is 24.3 Å². The Morgan fingerprint density at radius 1 is 1.53 bits per heavy atom. The van der Waals surface area contributed by atoms with Crippen molar-refractivity contribution < 1.29 is 13.5 Å². The number of aliphatic hydroxyl groups excluding tert-OH is 1. The summed E-state index contributed by atoms with van der Waals surface area (Å²) in [6.07, 6.45) is 0.370. The van der Waals surface area contributed by atoms with Crippen molar-refractivity contribution in [3.05, 3.63) is 22.7 Å². The number of hydrogen-bond acceptors (Lipinski definition) is 4. The number of benzene rings is 1. The maximum Gasteiger partial charge on any atom is 0.240 e. The maximum atomic E-state index is 11.9. The lowest BCUT2D eigenvalue weighted by Crippen LogP contribution is -2.33. The van der Waals surface area contributed by atoms with Gasteiger partial charge in [-0.3, -0.25) is 0 Å². The highest BCUT2D eigenvalue weighted by atomic mass is 79.9. The van der Waals surface area contributed by atoms with Crippen LogP contribution in [0.4, 0.5) is 5.69 Å². The van der Waals surface area contributed by atoms with E-state index >= 15 is 0 Å². The van der Waals surface area contributed by atoms with Crippen molar-refractivity contribution in [3.8, 4) is 0 Å². The lowest BCUT2D eigenvalue weighted by molar-refractivity contribution is 0.275. The summed E-state index contributed by atoms with van der Waals surface area (Å²) in [5.74, 6) is 0. The normalized spacial score (nSPS) is 13.6. The molecule has 1 unspecified atom stereocenters. The third-order valence-electron chi connectivity index (χ3n) is 2.20. The van der Waals surface area contributed by atoms with E-state index in [4.69, 9.17) is 10.8 Å². The fraction of sp³-hybridized carbons (Fsp3) is 0.400. The van der Waals surface area contributed by atoms with Gasteiger partial charge in [0.1, 0.15) is 0 Å².